The lowest BCUT2D eigenvalue weighted by atomic mass is 9.85. The van der Waals surface area contributed by atoms with Crippen LogP contribution < -0.4 is 10.1 Å². The van der Waals surface area contributed by atoms with Crippen molar-refractivity contribution in [3.05, 3.63) is 29.8 Å². The molecule has 1 aromatic rings. The van der Waals surface area contributed by atoms with E-state index < -0.39 is 5.54 Å². The maximum Gasteiger partial charge on any atom is 0.318 e. The van der Waals surface area contributed by atoms with Crippen LogP contribution in [0, 0.1) is 5.92 Å². The van der Waals surface area contributed by atoms with Gasteiger partial charge in [-0.3, -0.25) is 0 Å². The lowest BCUT2D eigenvalue weighted by molar-refractivity contribution is 0.0704. The summed E-state index contributed by atoms with van der Waals surface area (Å²) in [5, 5.41) is 3.23. The van der Waals surface area contributed by atoms with Crippen LogP contribution in [0.15, 0.2) is 24.3 Å². The number of urea groups is 1. The van der Waals surface area contributed by atoms with Gasteiger partial charge in [-0.15, -0.1) is 0 Å². The van der Waals surface area contributed by atoms with E-state index in [9.17, 15) is 4.79 Å². The molecule has 1 aliphatic carbocycles. The Bertz CT molecular complexity index is 590. The van der Waals surface area contributed by atoms with Gasteiger partial charge in [0.15, 0.2) is 0 Å². The predicted molar refractivity (Wildman–Crippen MR) is 102 cm³/mol. The third-order valence-electron chi connectivity index (χ3n) is 5.67. The maximum absolute atomic E-state index is 13.1. The number of nitrogens with one attached hydrogen (secondary N) is 1. The van der Waals surface area contributed by atoms with Gasteiger partial charge >= 0.3 is 6.03 Å². The number of carbonyl (C=O) groups is 1. The summed E-state index contributed by atoms with van der Waals surface area (Å²) in [7, 11) is 1.66. The van der Waals surface area contributed by atoms with E-state index in [1.165, 1.54) is 19.3 Å². The van der Waals surface area contributed by atoms with Crippen molar-refractivity contribution in [2.75, 3.05) is 26.8 Å². The maximum atomic E-state index is 13.1. The molecule has 0 bridgehead atoms. The molecule has 2 aliphatic rings. The Hall–Kier alpha value is -1.75. The fourth-order valence-electron chi connectivity index (χ4n) is 3.69. The van der Waals surface area contributed by atoms with Gasteiger partial charge < -0.3 is 19.7 Å². The van der Waals surface area contributed by atoms with Crippen molar-refractivity contribution in [3.63, 3.8) is 0 Å². The second-order valence-corrected chi connectivity index (χ2v) is 8.12. The van der Waals surface area contributed by atoms with E-state index in [0.29, 0.717) is 12.5 Å². The fraction of sp³-hybridized carbons (Fsp3) is 0.667. The number of benzene rings is 1. The standard InChI is InChI=1S/C21H32N2O3/c1-21(2,17-9-11-18(25-3)12-10-17)22-20(24)23(14-16-6-4-7-16)15-19-8-5-13-26-19/h9-12,16,19H,4-8,13-15H2,1-3H3,(H,22,24)/t19-/m0/s1. The molecule has 5 nitrogen and oxygen atoms in total. The first-order valence-corrected chi connectivity index (χ1v) is 9.81. The zero-order valence-electron chi connectivity index (χ0n) is 16.3. The first-order chi connectivity index (χ1) is 12.5. The monoisotopic (exact) mass is 360 g/mol. The van der Waals surface area contributed by atoms with E-state index in [4.69, 9.17) is 9.47 Å². The minimum absolute atomic E-state index is 0.00761. The zero-order chi connectivity index (χ0) is 18.6. The van der Waals surface area contributed by atoms with Gasteiger partial charge in [-0.25, -0.2) is 4.79 Å². The highest BCUT2D eigenvalue weighted by molar-refractivity contribution is 5.75. The second-order valence-electron chi connectivity index (χ2n) is 8.12. The van der Waals surface area contributed by atoms with Gasteiger partial charge in [-0.1, -0.05) is 18.6 Å². The van der Waals surface area contributed by atoms with Crippen LogP contribution in [0.2, 0.25) is 0 Å². The Morgan fingerprint density at radius 1 is 1.19 bits per heavy atom. The molecule has 1 aromatic carbocycles. The molecule has 26 heavy (non-hydrogen) atoms. The molecule has 5 heteroatoms. The van der Waals surface area contributed by atoms with Gasteiger partial charge in [0, 0.05) is 19.7 Å². The first kappa shape index (κ1) is 19.0. The molecule has 1 N–H and O–H groups in total. The molecule has 0 aromatic heterocycles. The van der Waals surface area contributed by atoms with Crippen LogP contribution in [0.25, 0.3) is 0 Å². The highest BCUT2D eigenvalue weighted by Gasteiger charge is 2.30. The van der Waals surface area contributed by atoms with Crippen molar-refractivity contribution < 1.29 is 14.3 Å². The molecule has 2 fully saturated rings. The van der Waals surface area contributed by atoms with Gasteiger partial charge in [0.2, 0.25) is 0 Å². The molecular formula is C21H32N2O3. The van der Waals surface area contributed by atoms with E-state index in [-0.39, 0.29) is 12.1 Å². The number of nitrogens with zero attached hydrogens (tertiary/aromatic N) is 1. The van der Waals surface area contributed by atoms with Crippen LogP contribution >= 0.6 is 0 Å². The first-order valence-electron chi connectivity index (χ1n) is 9.81. The van der Waals surface area contributed by atoms with Crippen LogP contribution in [0.5, 0.6) is 5.75 Å². The SMILES string of the molecule is COc1ccc(C(C)(C)NC(=O)N(CC2CCC2)C[C@@H]2CCCO2)cc1. The van der Waals surface area contributed by atoms with E-state index in [0.717, 1.165) is 37.3 Å². The molecule has 3 rings (SSSR count). The van der Waals surface area contributed by atoms with Gasteiger partial charge in [0.1, 0.15) is 5.75 Å². The number of amides is 2. The lowest BCUT2D eigenvalue weighted by Crippen LogP contribution is -2.52. The topological polar surface area (TPSA) is 50.8 Å². The predicted octanol–water partition coefficient (Wildman–Crippen LogP) is 3.92. The summed E-state index contributed by atoms with van der Waals surface area (Å²) in [6, 6.07) is 7.89. The molecule has 2 amide bonds. The Labute approximate surface area is 157 Å². The third kappa shape index (κ3) is 4.70. The number of ether oxygens (including phenoxy) is 2. The van der Waals surface area contributed by atoms with Crippen LogP contribution in [0.4, 0.5) is 4.79 Å². The van der Waals surface area contributed by atoms with Gasteiger partial charge in [0.05, 0.1) is 18.8 Å². The molecule has 0 spiro atoms. The molecule has 1 aliphatic heterocycles. The molecule has 1 heterocycles. The summed E-state index contributed by atoms with van der Waals surface area (Å²) in [6.45, 7) is 6.44. The van der Waals surface area contributed by atoms with Crippen LogP contribution in [0.1, 0.15) is 51.5 Å². The smallest absolute Gasteiger partial charge is 0.318 e. The molecule has 144 valence electrons. The number of carbonyl (C=O) groups excluding carboxylic acids is 1. The van der Waals surface area contributed by atoms with Gasteiger partial charge in [-0.05, 0) is 63.1 Å². The van der Waals surface area contributed by atoms with Crippen LogP contribution in [-0.2, 0) is 10.3 Å². The summed E-state index contributed by atoms with van der Waals surface area (Å²) in [5.74, 6) is 1.46. The van der Waals surface area contributed by atoms with Gasteiger partial charge in [0.25, 0.3) is 0 Å². The minimum atomic E-state index is -0.447. The van der Waals surface area contributed by atoms with E-state index in [1.807, 2.05) is 43.0 Å². The van der Waals surface area contributed by atoms with Crippen molar-refractivity contribution in [2.45, 2.75) is 57.6 Å². The van der Waals surface area contributed by atoms with Crippen molar-refractivity contribution in [3.8, 4) is 5.75 Å². The average Bonchev–Trinajstić information content (AvgIpc) is 3.09. The Morgan fingerprint density at radius 2 is 1.92 bits per heavy atom. The Kier molecular flexibility index (Phi) is 6.07. The fourth-order valence-corrected chi connectivity index (χ4v) is 3.69. The highest BCUT2D eigenvalue weighted by atomic mass is 16.5. The van der Waals surface area contributed by atoms with Crippen LogP contribution in [0.3, 0.4) is 0 Å². The van der Waals surface area contributed by atoms with Crippen molar-refractivity contribution in [1.82, 2.24) is 10.2 Å². The summed E-state index contributed by atoms with van der Waals surface area (Å²) < 4.78 is 11.0. The Morgan fingerprint density at radius 3 is 2.46 bits per heavy atom. The largest absolute Gasteiger partial charge is 0.497 e. The molecule has 1 atom stereocenters. The van der Waals surface area contributed by atoms with E-state index >= 15 is 0 Å². The highest BCUT2D eigenvalue weighted by Crippen LogP contribution is 2.28. The number of hydrogen-bond donors (Lipinski definition) is 1. The summed E-state index contributed by atoms with van der Waals surface area (Å²) in [4.78, 5) is 15.0. The number of methoxy groups -OCH3 is 1. The zero-order valence-corrected chi connectivity index (χ0v) is 16.3. The van der Waals surface area contributed by atoms with Crippen molar-refractivity contribution in [1.29, 1.82) is 0 Å². The number of rotatable bonds is 7. The minimum Gasteiger partial charge on any atom is -0.497 e. The van der Waals surface area contributed by atoms with Crippen molar-refractivity contribution in [2.24, 2.45) is 5.92 Å². The number of hydrogen-bond acceptors (Lipinski definition) is 3. The quantitative estimate of drug-likeness (QED) is 0.802. The molecule has 1 saturated heterocycles. The summed E-state index contributed by atoms with van der Waals surface area (Å²) in [6.07, 6.45) is 6.09. The van der Waals surface area contributed by atoms with Crippen molar-refractivity contribution >= 4 is 6.03 Å². The summed E-state index contributed by atoms with van der Waals surface area (Å²) >= 11 is 0. The molecule has 0 unspecified atom stereocenters. The second kappa shape index (κ2) is 8.30. The molecular weight excluding hydrogens is 328 g/mol. The Balaban J connectivity index is 1.65. The van der Waals surface area contributed by atoms with Gasteiger partial charge in [-0.2, -0.15) is 0 Å². The third-order valence-corrected chi connectivity index (χ3v) is 5.67. The van der Waals surface area contributed by atoms with Crippen LogP contribution in [-0.4, -0.2) is 43.8 Å². The normalized spacial score (nSPS) is 20.5. The lowest BCUT2D eigenvalue weighted by Gasteiger charge is -2.36. The molecule has 1 saturated carbocycles. The van der Waals surface area contributed by atoms with E-state index in [2.05, 4.69) is 5.32 Å². The molecule has 0 radical (unpaired) electrons. The summed E-state index contributed by atoms with van der Waals surface area (Å²) in [5.41, 5.74) is 0.616. The average molecular weight is 360 g/mol. The van der Waals surface area contributed by atoms with E-state index in [1.54, 1.807) is 7.11 Å².